The zero-order valence-electron chi connectivity index (χ0n) is 11.1. The first-order valence-corrected chi connectivity index (χ1v) is 6.90. The summed E-state index contributed by atoms with van der Waals surface area (Å²) in [6.07, 6.45) is 3.94. The Labute approximate surface area is 112 Å². The summed E-state index contributed by atoms with van der Waals surface area (Å²) in [4.78, 5) is 1.30. The normalized spacial score (nSPS) is 12.7. The Morgan fingerprint density at radius 3 is 2.78 bits per heavy atom. The van der Waals surface area contributed by atoms with Crippen LogP contribution in [0.5, 0.6) is 0 Å². The molecule has 0 saturated carbocycles. The molecule has 0 radical (unpaired) electrons. The van der Waals surface area contributed by atoms with E-state index < -0.39 is 0 Å². The van der Waals surface area contributed by atoms with Gasteiger partial charge in [0.1, 0.15) is 0 Å². The van der Waals surface area contributed by atoms with Gasteiger partial charge in [0.25, 0.3) is 0 Å². The molecule has 0 aliphatic heterocycles. The minimum absolute atomic E-state index is 0.263. The molecule has 1 atom stereocenters. The predicted octanol–water partition coefficient (Wildman–Crippen LogP) is 2.83. The first kappa shape index (κ1) is 13.2. The van der Waals surface area contributed by atoms with E-state index in [-0.39, 0.29) is 5.25 Å². The molecular formula is C14H19N3S. The van der Waals surface area contributed by atoms with Crippen LogP contribution < -0.4 is 5.73 Å². The maximum Gasteiger partial charge on any atom is 0.0533 e. The van der Waals surface area contributed by atoms with Gasteiger partial charge in [0.2, 0.25) is 0 Å². The monoisotopic (exact) mass is 261 g/mol. The molecule has 0 saturated heterocycles. The Hall–Kier alpha value is -1.26. The number of hydrogen-bond acceptors (Lipinski definition) is 3. The van der Waals surface area contributed by atoms with E-state index in [0.717, 1.165) is 0 Å². The van der Waals surface area contributed by atoms with Crippen molar-refractivity contribution in [1.29, 1.82) is 0 Å². The Morgan fingerprint density at radius 2 is 2.17 bits per heavy atom. The standard InChI is InChI=1S/C14H19N3S/c1-10-4-5-11(2)13(6-10)18-14(7-15)12-8-16-17(3)9-12/h4-6,8-9,14H,7,15H2,1-3H3. The van der Waals surface area contributed by atoms with Gasteiger partial charge in [-0.1, -0.05) is 17.7 Å². The van der Waals surface area contributed by atoms with Crippen molar-refractivity contribution in [3.8, 4) is 0 Å². The molecule has 2 N–H and O–H groups in total. The lowest BCUT2D eigenvalue weighted by Crippen LogP contribution is -2.09. The number of nitrogens with zero attached hydrogens (tertiary/aromatic N) is 2. The molecule has 0 spiro atoms. The first-order chi connectivity index (χ1) is 8.60. The number of hydrogen-bond donors (Lipinski definition) is 1. The van der Waals surface area contributed by atoms with Gasteiger partial charge in [-0.15, -0.1) is 11.8 Å². The van der Waals surface area contributed by atoms with E-state index in [1.54, 1.807) is 0 Å². The summed E-state index contributed by atoms with van der Waals surface area (Å²) in [7, 11) is 1.93. The van der Waals surface area contributed by atoms with Crippen LogP contribution in [0.15, 0.2) is 35.5 Å². The van der Waals surface area contributed by atoms with E-state index >= 15 is 0 Å². The fraction of sp³-hybridized carbons (Fsp3) is 0.357. The van der Waals surface area contributed by atoms with Crippen LogP contribution in [0, 0.1) is 13.8 Å². The van der Waals surface area contributed by atoms with Crippen molar-refractivity contribution in [2.45, 2.75) is 24.0 Å². The van der Waals surface area contributed by atoms with Crippen molar-refractivity contribution in [2.24, 2.45) is 12.8 Å². The van der Waals surface area contributed by atoms with Crippen LogP contribution in [0.2, 0.25) is 0 Å². The summed E-state index contributed by atoms with van der Waals surface area (Å²) in [5.41, 5.74) is 9.66. The third kappa shape index (κ3) is 2.94. The highest BCUT2D eigenvalue weighted by molar-refractivity contribution is 7.99. The van der Waals surface area contributed by atoms with E-state index in [4.69, 9.17) is 5.73 Å². The molecule has 3 nitrogen and oxygen atoms in total. The van der Waals surface area contributed by atoms with Crippen LogP contribution in [-0.2, 0) is 7.05 Å². The lowest BCUT2D eigenvalue weighted by molar-refractivity contribution is 0.766. The Balaban J connectivity index is 2.22. The molecule has 2 aromatic rings. The number of thioether (sulfide) groups is 1. The van der Waals surface area contributed by atoms with E-state index in [1.807, 2.05) is 35.9 Å². The van der Waals surface area contributed by atoms with Gasteiger partial charge < -0.3 is 5.73 Å². The minimum atomic E-state index is 0.263. The maximum atomic E-state index is 5.89. The van der Waals surface area contributed by atoms with Crippen LogP contribution in [-0.4, -0.2) is 16.3 Å². The zero-order valence-corrected chi connectivity index (χ0v) is 11.9. The lowest BCUT2D eigenvalue weighted by Gasteiger charge is -2.14. The van der Waals surface area contributed by atoms with Crippen LogP contribution in [0.4, 0.5) is 0 Å². The molecule has 96 valence electrons. The highest BCUT2D eigenvalue weighted by Gasteiger charge is 2.14. The molecule has 1 unspecified atom stereocenters. The Kier molecular flexibility index (Phi) is 4.09. The van der Waals surface area contributed by atoms with Crippen molar-refractivity contribution >= 4 is 11.8 Å². The van der Waals surface area contributed by atoms with Crippen molar-refractivity contribution in [2.75, 3.05) is 6.54 Å². The topological polar surface area (TPSA) is 43.8 Å². The Bertz CT molecular complexity index is 534. The maximum absolute atomic E-state index is 5.89. The molecule has 0 amide bonds. The van der Waals surface area contributed by atoms with Gasteiger partial charge in [-0.25, -0.2) is 0 Å². The molecule has 1 aromatic carbocycles. The molecule has 1 aromatic heterocycles. The summed E-state index contributed by atoms with van der Waals surface area (Å²) < 4.78 is 1.82. The van der Waals surface area contributed by atoms with E-state index in [2.05, 4.69) is 37.1 Å². The summed E-state index contributed by atoms with van der Waals surface area (Å²) in [6.45, 7) is 4.87. The van der Waals surface area contributed by atoms with Crippen LogP contribution in [0.25, 0.3) is 0 Å². The van der Waals surface area contributed by atoms with E-state index in [1.165, 1.54) is 21.6 Å². The fourth-order valence-corrected chi connectivity index (χ4v) is 3.01. The zero-order chi connectivity index (χ0) is 13.1. The summed E-state index contributed by atoms with van der Waals surface area (Å²) in [5.74, 6) is 0. The van der Waals surface area contributed by atoms with Gasteiger partial charge in [-0.05, 0) is 25.5 Å². The average molecular weight is 261 g/mol. The van der Waals surface area contributed by atoms with Crippen molar-refractivity contribution < 1.29 is 0 Å². The highest BCUT2D eigenvalue weighted by atomic mass is 32.2. The minimum Gasteiger partial charge on any atom is -0.329 e. The molecule has 2 rings (SSSR count). The molecule has 0 bridgehead atoms. The molecule has 1 heterocycles. The van der Waals surface area contributed by atoms with Crippen molar-refractivity contribution in [3.05, 3.63) is 47.3 Å². The molecular weight excluding hydrogens is 242 g/mol. The summed E-state index contributed by atoms with van der Waals surface area (Å²) in [5, 5.41) is 4.48. The van der Waals surface area contributed by atoms with Crippen molar-refractivity contribution in [3.63, 3.8) is 0 Å². The van der Waals surface area contributed by atoms with Gasteiger partial charge in [0, 0.05) is 35.5 Å². The summed E-state index contributed by atoms with van der Waals surface area (Å²) >= 11 is 1.82. The third-order valence-electron chi connectivity index (χ3n) is 2.92. The van der Waals surface area contributed by atoms with Crippen LogP contribution >= 0.6 is 11.8 Å². The van der Waals surface area contributed by atoms with Crippen molar-refractivity contribution in [1.82, 2.24) is 9.78 Å². The first-order valence-electron chi connectivity index (χ1n) is 6.02. The quantitative estimate of drug-likeness (QED) is 0.861. The molecule has 4 heteroatoms. The lowest BCUT2D eigenvalue weighted by atomic mass is 10.2. The number of nitrogens with two attached hydrogens (primary N) is 1. The fourth-order valence-electron chi connectivity index (χ4n) is 1.85. The van der Waals surface area contributed by atoms with Crippen LogP contribution in [0.1, 0.15) is 21.9 Å². The average Bonchev–Trinajstić information content (AvgIpc) is 2.77. The van der Waals surface area contributed by atoms with Gasteiger partial charge in [-0.3, -0.25) is 4.68 Å². The summed E-state index contributed by atoms with van der Waals surface area (Å²) in [6, 6.07) is 6.52. The third-order valence-corrected chi connectivity index (χ3v) is 4.37. The van der Waals surface area contributed by atoms with Gasteiger partial charge in [0.15, 0.2) is 0 Å². The molecule has 0 aliphatic rings. The van der Waals surface area contributed by atoms with Crippen LogP contribution in [0.3, 0.4) is 0 Å². The second kappa shape index (κ2) is 5.59. The SMILES string of the molecule is Cc1ccc(C)c(SC(CN)c2cnn(C)c2)c1. The molecule has 0 aliphatic carbocycles. The molecule has 0 fully saturated rings. The largest absolute Gasteiger partial charge is 0.329 e. The number of aromatic nitrogens is 2. The van der Waals surface area contributed by atoms with E-state index in [0.29, 0.717) is 6.54 Å². The van der Waals surface area contributed by atoms with Gasteiger partial charge in [-0.2, -0.15) is 5.10 Å². The van der Waals surface area contributed by atoms with E-state index in [9.17, 15) is 0 Å². The highest BCUT2D eigenvalue weighted by Crippen LogP contribution is 2.36. The predicted molar refractivity (Wildman–Crippen MR) is 76.8 cm³/mol. The number of rotatable bonds is 4. The smallest absolute Gasteiger partial charge is 0.0533 e. The molecule has 18 heavy (non-hydrogen) atoms. The number of benzene rings is 1. The number of aryl methyl sites for hydroxylation is 3. The second-order valence-corrected chi connectivity index (χ2v) is 5.80. The second-order valence-electron chi connectivity index (χ2n) is 4.56. The van der Waals surface area contributed by atoms with Gasteiger partial charge >= 0.3 is 0 Å². The Morgan fingerprint density at radius 1 is 1.39 bits per heavy atom. The van der Waals surface area contributed by atoms with Gasteiger partial charge in [0.05, 0.1) is 6.20 Å².